The number of fused-ring (bicyclic) bond motifs is 1. The number of hydrogen-bond acceptors (Lipinski definition) is 2. The minimum atomic E-state index is -0.213. The Morgan fingerprint density at radius 2 is 2.05 bits per heavy atom. The highest BCUT2D eigenvalue weighted by Crippen LogP contribution is 2.39. The SMILES string of the molecule is C=C(C)N1CCC2(CCc3ccc(F)cc3O2)CC1. The van der Waals surface area contributed by atoms with Crippen molar-refractivity contribution in [3.8, 4) is 5.75 Å². The number of aryl methyl sites for hydroxylation is 1. The molecule has 1 aromatic rings. The van der Waals surface area contributed by atoms with Gasteiger partial charge in [-0.1, -0.05) is 12.6 Å². The summed E-state index contributed by atoms with van der Waals surface area (Å²) in [5.74, 6) is 0.533. The van der Waals surface area contributed by atoms with E-state index < -0.39 is 0 Å². The van der Waals surface area contributed by atoms with E-state index in [1.54, 1.807) is 0 Å². The van der Waals surface area contributed by atoms with E-state index in [9.17, 15) is 4.39 Å². The third-order valence-electron chi connectivity index (χ3n) is 4.42. The van der Waals surface area contributed by atoms with E-state index >= 15 is 0 Å². The van der Waals surface area contributed by atoms with E-state index in [0.717, 1.165) is 55.8 Å². The van der Waals surface area contributed by atoms with Gasteiger partial charge >= 0.3 is 0 Å². The van der Waals surface area contributed by atoms with Crippen LogP contribution in [0.3, 0.4) is 0 Å². The Morgan fingerprint density at radius 1 is 1.32 bits per heavy atom. The second kappa shape index (κ2) is 4.55. The Morgan fingerprint density at radius 3 is 2.74 bits per heavy atom. The van der Waals surface area contributed by atoms with Gasteiger partial charge in [0.2, 0.25) is 0 Å². The van der Waals surface area contributed by atoms with Crippen molar-refractivity contribution >= 4 is 0 Å². The number of ether oxygens (including phenoxy) is 1. The Balaban J connectivity index is 1.76. The van der Waals surface area contributed by atoms with Gasteiger partial charge in [0.1, 0.15) is 17.2 Å². The van der Waals surface area contributed by atoms with E-state index in [0.29, 0.717) is 0 Å². The van der Waals surface area contributed by atoms with Crippen molar-refractivity contribution in [2.45, 2.75) is 38.2 Å². The van der Waals surface area contributed by atoms with Gasteiger partial charge in [0, 0.05) is 37.7 Å². The third kappa shape index (κ3) is 2.34. The molecule has 0 unspecified atom stereocenters. The number of nitrogens with zero attached hydrogens (tertiary/aromatic N) is 1. The fourth-order valence-electron chi connectivity index (χ4n) is 3.12. The molecular weight excluding hydrogens is 241 g/mol. The van der Waals surface area contributed by atoms with Crippen molar-refractivity contribution in [3.63, 3.8) is 0 Å². The number of allylic oxidation sites excluding steroid dienone is 1. The number of benzene rings is 1. The summed E-state index contributed by atoms with van der Waals surface area (Å²) in [5.41, 5.74) is 2.17. The lowest BCUT2D eigenvalue weighted by Gasteiger charge is -2.45. The first-order valence-corrected chi connectivity index (χ1v) is 6.96. The number of halogens is 1. The molecule has 3 heteroatoms. The minimum Gasteiger partial charge on any atom is -0.487 e. The van der Waals surface area contributed by atoms with Crippen molar-refractivity contribution in [2.24, 2.45) is 0 Å². The van der Waals surface area contributed by atoms with E-state index in [4.69, 9.17) is 4.74 Å². The zero-order valence-electron chi connectivity index (χ0n) is 11.4. The molecule has 1 spiro atoms. The van der Waals surface area contributed by atoms with Crippen LogP contribution < -0.4 is 4.74 Å². The number of rotatable bonds is 1. The van der Waals surface area contributed by atoms with Crippen LogP contribution >= 0.6 is 0 Å². The van der Waals surface area contributed by atoms with Gasteiger partial charge in [-0.25, -0.2) is 4.39 Å². The average Bonchev–Trinajstić information content (AvgIpc) is 2.38. The number of hydrogen-bond donors (Lipinski definition) is 0. The molecule has 2 heterocycles. The van der Waals surface area contributed by atoms with Gasteiger partial charge in [0.15, 0.2) is 0 Å². The molecule has 1 fully saturated rings. The lowest BCUT2D eigenvalue weighted by molar-refractivity contribution is -0.00716. The second-order valence-corrected chi connectivity index (χ2v) is 5.76. The molecule has 1 aromatic carbocycles. The van der Waals surface area contributed by atoms with Crippen molar-refractivity contribution in [3.05, 3.63) is 41.9 Å². The molecule has 0 radical (unpaired) electrons. The highest BCUT2D eigenvalue weighted by molar-refractivity contribution is 5.37. The molecule has 1 saturated heterocycles. The molecule has 0 N–H and O–H groups in total. The summed E-state index contributed by atoms with van der Waals surface area (Å²) >= 11 is 0. The molecule has 0 saturated carbocycles. The molecule has 2 aliphatic rings. The molecular formula is C16H20FNO. The summed E-state index contributed by atoms with van der Waals surface area (Å²) in [4.78, 5) is 2.30. The maximum Gasteiger partial charge on any atom is 0.126 e. The average molecular weight is 261 g/mol. The van der Waals surface area contributed by atoms with Crippen LogP contribution in [-0.4, -0.2) is 23.6 Å². The first-order chi connectivity index (χ1) is 9.08. The summed E-state index contributed by atoms with van der Waals surface area (Å²) in [6.45, 7) is 8.01. The first-order valence-electron chi connectivity index (χ1n) is 6.96. The maximum absolute atomic E-state index is 13.3. The van der Waals surface area contributed by atoms with Crippen LogP contribution in [0.15, 0.2) is 30.5 Å². The quantitative estimate of drug-likeness (QED) is 0.767. The highest BCUT2D eigenvalue weighted by Gasteiger charge is 2.39. The van der Waals surface area contributed by atoms with Gasteiger partial charge in [0.05, 0.1) is 0 Å². The summed E-state index contributed by atoms with van der Waals surface area (Å²) in [6, 6.07) is 4.89. The van der Waals surface area contributed by atoms with Gasteiger partial charge in [0.25, 0.3) is 0 Å². The van der Waals surface area contributed by atoms with Crippen molar-refractivity contribution in [1.82, 2.24) is 4.90 Å². The number of piperidine rings is 1. The minimum absolute atomic E-state index is 0.0905. The predicted molar refractivity (Wildman–Crippen MR) is 73.7 cm³/mol. The Kier molecular flexibility index (Phi) is 3.00. The van der Waals surface area contributed by atoms with Gasteiger partial charge in [-0.2, -0.15) is 0 Å². The smallest absolute Gasteiger partial charge is 0.126 e. The van der Waals surface area contributed by atoms with Gasteiger partial charge in [-0.05, 0) is 31.4 Å². The zero-order chi connectivity index (χ0) is 13.5. The van der Waals surface area contributed by atoms with Crippen LogP contribution in [0.25, 0.3) is 0 Å². The monoisotopic (exact) mass is 261 g/mol. The fourth-order valence-corrected chi connectivity index (χ4v) is 3.12. The third-order valence-corrected chi connectivity index (χ3v) is 4.42. The molecule has 0 aromatic heterocycles. The van der Waals surface area contributed by atoms with E-state index in [1.165, 1.54) is 12.1 Å². The molecule has 0 atom stereocenters. The first kappa shape index (κ1) is 12.5. The van der Waals surface area contributed by atoms with Gasteiger partial charge in [-0.3, -0.25) is 0 Å². The van der Waals surface area contributed by atoms with Crippen LogP contribution in [0.5, 0.6) is 5.75 Å². The van der Waals surface area contributed by atoms with Gasteiger partial charge in [-0.15, -0.1) is 0 Å². The lowest BCUT2D eigenvalue weighted by Crippen LogP contribution is -2.49. The molecule has 19 heavy (non-hydrogen) atoms. The molecule has 102 valence electrons. The van der Waals surface area contributed by atoms with Crippen LogP contribution in [0, 0.1) is 5.82 Å². The van der Waals surface area contributed by atoms with Crippen LogP contribution in [0.1, 0.15) is 31.7 Å². The normalized spacial score (nSPS) is 20.8. The van der Waals surface area contributed by atoms with E-state index in [-0.39, 0.29) is 11.4 Å². The zero-order valence-corrected chi connectivity index (χ0v) is 11.4. The molecule has 0 amide bonds. The second-order valence-electron chi connectivity index (χ2n) is 5.76. The summed E-state index contributed by atoms with van der Waals surface area (Å²) in [5, 5.41) is 0. The highest BCUT2D eigenvalue weighted by atomic mass is 19.1. The van der Waals surface area contributed by atoms with E-state index in [1.807, 2.05) is 13.0 Å². The summed E-state index contributed by atoms with van der Waals surface area (Å²) < 4.78 is 19.5. The molecule has 0 aliphatic carbocycles. The van der Waals surface area contributed by atoms with Crippen molar-refractivity contribution in [2.75, 3.05) is 13.1 Å². The molecule has 0 bridgehead atoms. The van der Waals surface area contributed by atoms with Crippen molar-refractivity contribution in [1.29, 1.82) is 0 Å². The van der Waals surface area contributed by atoms with E-state index in [2.05, 4.69) is 11.5 Å². The van der Waals surface area contributed by atoms with Crippen LogP contribution in [0.4, 0.5) is 4.39 Å². The largest absolute Gasteiger partial charge is 0.487 e. The maximum atomic E-state index is 13.3. The van der Waals surface area contributed by atoms with Crippen molar-refractivity contribution < 1.29 is 9.13 Å². The Bertz CT molecular complexity index is 503. The lowest BCUT2D eigenvalue weighted by atomic mass is 9.83. The molecule has 2 aliphatic heterocycles. The Labute approximate surface area is 113 Å². The summed E-state index contributed by atoms with van der Waals surface area (Å²) in [6.07, 6.45) is 4.02. The molecule has 3 rings (SSSR count). The van der Waals surface area contributed by atoms with Crippen LogP contribution in [-0.2, 0) is 6.42 Å². The van der Waals surface area contributed by atoms with Gasteiger partial charge < -0.3 is 9.64 Å². The summed E-state index contributed by atoms with van der Waals surface area (Å²) in [7, 11) is 0. The number of likely N-dealkylation sites (tertiary alicyclic amines) is 1. The topological polar surface area (TPSA) is 12.5 Å². The Hall–Kier alpha value is -1.51. The molecule has 2 nitrogen and oxygen atoms in total. The predicted octanol–water partition coefficient (Wildman–Crippen LogP) is 3.52. The standard InChI is InChI=1S/C16H20FNO/c1-12(2)18-9-7-16(8-10-18)6-5-13-3-4-14(17)11-15(13)19-16/h3-4,11H,1,5-10H2,2H3. The fraction of sp³-hybridized carbons (Fsp3) is 0.500. The van der Waals surface area contributed by atoms with Crippen LogP contribution in [0.2, 0.25) is 0 Å².